The Balaban J connectivity index is 2.22. The van der Waals surface area contributed by atoms with Gasteiger partial charge in [-0.25, -0.2) is 0 Å². The Bertz CT molecular complexity index is 370. The maximum Gasteiger partial charge on any atom is 0.0628 e. The van der Waals surface area contributed by atoms with Crippen LogP contribution in [0.15, 0.2) is 0 Å². The van der Waals surface area contributed by atoms with Crippen molar-refractivity contribution in [3.63, 3.8) is 0 Å². The maximum absolute atomic E-state index is 4.47. The van der Waals surface area contributed by atoms with Gasteiger partial charge in [-0.15, -0.1) is 0 Å². The summed E-state index contributed by atoms with van der Waals surface area (Å²) in [5.74, 6) is 0. The molecule has 0 radical (unpaired) electrons. The highest BCUT2D eigenvalue weighted by atomic mass is 15.3. The van der Waals surface area contributed by atoms with Crippen LogP contribution in [0.2, 0.25) is 0 Å². The lowest BCUT2D eigenvalue weighted by Crippen LogP contribution is -2.30. The van der Waals surface area contributed by atoms with Crippen LogP contribution in [0.4, 0.5) is 0 Å². The van der Waals surface area contributed by atoms with E-state index in [-0.39, 0.29) is 0 Å². The largest absolute Gasteiger partial charge is 0.315 e. The summed E-state index contributed by atoms with van der Waals surface area (Å²) >= 11 is 0. The van der Waals surface area contributed by atoms with E-state index in [1.165, 1.54) is 29.8 Å². The van der Waals surface area contributed by atoms with Crippen LogP contribution in [0.3, 0.4) is 0 Å². The predicted molar refractivity (Wildman–Crippen MR) is 81.7 cm³/mol. The smallest absolute Gasteiger partial charge is 0.0628 e. The molecule has 0 saturated heterocycles. The van der Waals surface area contributed by atoms with Gasteiger partial charge in [0.15, 0.2) is 0 Å². The quantitative estimate of drug-likeness (QED) is 0.693. The second-order valence-electron chi connectivity index (χ2n) is 5.43. The fraction of sp³-hybridized carbons (Fsp3) is 0.800. The fourth-order valence-corrected chi connectivity index (χ4v) is 2.39. The Morgan fingerprint density at radius 3 is 2.53 bits per heavy atom. The van der Waals surface area contributed by atoms with Crippen LogP contribution < -0.4 is 5.32 Å². The summed E-state index contributed by atoms with van der Waals surface area (Å²) in [6.07, 6.45) is 3.55. The molecule has 0 bridgehead atoms. The Kier molecular flexibility index (Phi) is 7.10. The van der Waals surface area contributed by atoms with E-state index in [0.717, 1.165) is 32.6 Å². The lowest BCUT2D eigenvalue weighted by Gasteiger charge is -2.16. The number of rotatable bonds is 9. The van der Waals surface area contributed by atoms with E-state index < -0.39 is 0 Å². The summed E-state index contributed by atoms with van der Waals surface area (Å²) < 4.78 is 1.99. The predicted octanol–water partition coefficient (Wildman–Crippen LogP) is 1.90. The average Bonchev–Trinajstić information content (AvgIpc) is 2.61. The van der Waals surface area contributed by atoms with E-state index in [4.69, 9.17) is 0 Å². The van der Waals surface area contributed by atoms with Gasteiger partial charge in [0, 0.05) is 25.8 Å². The molecule has 1 heterocycles. The zero-order chi connectivity index (χ0) is 14.3. The molecule has 4 heteroatoms. The molecule has 1 rings (SSSR count). The monoisotopic (exact) mass is 266 g/mol. The highest BCUT2D eigenvalue weighted by Crippen LogP contribution is 2.13. The molecule has 0 unspecified atom stereocenters. The number of hydrogen-bond acceptors (Lipinski definition) is 3. The second kappa shape index (κ2) is 8.33. The van der Waals surface area contributed by atoms with Crippen LogP contribution in [0, 0.1) is 13.8 Å². The molecular weight excluding hydrogens is 236 g/mol. The molecule has 0 spiro atoms. The number of aryl methyl sites for hydroxylation is 2. The van der Waals surface area contributed by atoms with Crippen molar-refractivity contribution < 1.29 is 0 Å². The van der Waals surface area contributed by atoms with Gasteiger partial charge in [-0.3, -0.25) is 4.68 Å². The Morgan fingerprint density at radius 2 is 1.95 bits per heavy atom. The number of likely N-dealkylation sites (N-methyl/N-ethyl adjacent to an activating group) is 1. The molecule has 0 aromatic carbocycles. The molecule has 4 nitrogen and oxygen atoms in total. The minimum atomic E-state index is 1.09. The van der Waals surface area contributed by atoms with Crippen molar-refractivity contribution in [2.45, 2.75) is 40.0 Å². The molecule has 1 aromatic rings. The number of hydrogen-bond donors (Lipinski definition) is 1. The molecule has 1 N–H and O–H groups in total. The second-order valence-corrected chi connectivity index (χ2v) is 5.43. The van der Waals surface area contributed by atoms with Gasteiger partial charge in [0.25, 0.3) is 0 Å². The van der Waals surface area contributed by atoms with Gasteiger partial charge in [0.2, 0.25) is 0 Å². The van der Waals surface area contributed by atoms with E-state index in [1.54, 1.807) is 0 Å². The van der Waals surface area contributed by atoms with Crippen LogP contribution in [-0.4, -0.2) is 47.9 Å². The van der Waals surface area contributed by atoms with Crippen LogP contribution in [0.1, 0.15) is 36.7 Å². The molecule has 1 aromatic heterocycles. The molecule has 0 aliphatic rings. The van der Waals surface area contributed by atoms with E-state index in [2.05, 4.69) is 43.1 Å². The summed E-state index contributed by atoms with van der Waals surface area (Å²) in [5, 5.41) is 7.91. The van der Waals surface area contributed by atoms with Crippen molar-refractivity contribution in [1.29, 1.82) is 0 Å². The molecule has 0 saturated carbocycles. The lowest BCUT2D eigenvalue weighted by molar-refractivity contribution is 0.327. The fourth-order valence-electron chi connectivity index (χ4n) is 2.39. The molecule has 19 heavy (non-hydrogen) atoms. The third-order valence-electron chi connectivity index (χ3n) is 3.72. The van der Waals surface area contributed by atoms with Crippen molar-refractivity contribution in [1.82, 2.24) is 20.0 Å². The van der Waals surface area contributed by atoms with Crippen LogP contribution in [-0.2, 0) is 13.5 Å². The Hall–Kier alpha value is -0.870. The first kappa shape index (κ1) is 16.2. The third kappa shape index (κ3) is 5.33. The van der Waals surface area contributed by atoms with Crippen molar-refractivity contribution in [3.05, 3.63) is 17.0 Å². The number of nitrogens with zero attached hydrogens (tertiary/aromatic N) is 3. The molecule has 0 aliphatic heterocycles. The van der Waals surface area contributed by atoms with Gasteiger partial charge >= 0.3 is 0 Å². The summed E-state index contributed by atoms with van der Waals surface area (Å²) in [4.78, 5) is 2.41. The summed E-state index contributed by atoms with van der Waals surface area (Å²) in [5.41, 5.74) is 3.93. The minimum Gasteiger partial charge on any atom is -0.315 e. The van der Waals surface area contributed by atoms with Gasteiger partial charge in [0.1, 0.15) is 0 Å². The van der Waals surface area contributed by atoms with Crippen molar-refractivity contribution in [3.8, 4) is 0 Å². The topological polar surface area (TPSA) is 33.1 Å². The van der Waals surface area contributed by atoms with Gasteiger partial charge in [-0.2, -0.15) is 5.10 Å². The van der Waals surface area contributed by atoms with Gasteiger partial charge in [0.05, 0.1) is 5.69 Å². The van der Waals surface area contributed by atoms with Crippen molar-refractivity contribution >= 4 is 0 Å². The molecule has 0 atom stereocenters. The molecular formula is C15H30N4. The lowest BCUT2D eigenvalue weighted by atomic mass is 10.1. The standard InChI is InChI=1S/C15H30N4/c1-6-9-16-10-12-18(4)11-7-8-15-13(2)17-19(5)14(15)3/h16H,6-12H2,1-5H3. The summed E-state index contributed by atoms with van der Waals surface area (Å²) in [6.45, 7) is 11.0. The Labute approximate surface area is 118 Å². The van der Waals surface area contributed by atoms with Crippen molar-refractivity contribution in [2.75, 3.05) is 33.2 Å². The zero-order valence-electron chi connectivity index (χ0n) is 13.3. The third-order valence-corrected chi connectivity index (χ3v) is 3.72. The van der Waals surface area contributed by atoms with Crippen molar-refractivity contribution in [2.24, 2.45) is 7.05 Å². The zero-order valence-corrected chi connectivity index (χ0v) is 13.3. The van der Waals surface area contributed by atoms with Gasteiger partial charge in [-0.1, -0.05) is 6.92 Å². The molecule has 0 aliphatic carbocycles. The molecule has 0 fully saturated rings. The maximum atomic E-state index is 4.47. The number of nitrogens with one attached hydrogen (secondary N) is 1. The first-order valence-electron chi connectivity index (χ1n) is 7.44. The average molecular weight is 266 g/mol. The normalized spacial score (nSPS) is 11.5. The van der Waals surface area contributed by atoms with E-state index >= 15 is 0 Å². The Morgan fingerprint density at radius 1 is 1.21 bits per heavy atom. The van der Waals surface area contributed by atoms with E-state index in [1.807, 2.05) is 11.7 Å². The van der Waals surface area contributed by atoms with Crippen LogP contribution in [0.5, 0.6) is 0 Å². The van der Waals surface area contributed by atoms with Crippen LogP contribution >= 0.6 is 0 Å². The van der Waals surface area contributed by atoms with E-state index in [0.29, 0.717) is 0 Å². The highest BCUT2D eigenvalue weighted by Gasteiger charge is 2.09. The van der Waals surface area contributed by atoms with Gasteiger partial charge in [-0.05, 0) is 58.8 Å². The molecule has 110 valence electrons. The SMILES string of the molecule is CCCNCCN(C)CCCc1c(C)nn(C)c1C. The number of aromatic nitrogens is 2. The summed E-state index contributed by atoms with van der Waals surface area (Å²) in [7, 11) is 4.23. The molecule has 0 amide bonds. The van der Waals surface area contributed by atoms with E-state index in [9.17, 15) is 0 Å². The van der Waals surface area contributed by atoms with Gasteiger partial charge < -0.3 is 10.2 Å². The van der Waals surface area contributed by atoms with Crippen LogP contribution in [0.25, 0.3) is 0 Å². The first-order chi connectivity index (χ1) is 9.06. The summed E-state index contributed by atoms with van der Waals surface area (Å²) in [6, 6.07) is 0. The first-order valence-corrected chi connectivity index (χ1v) is 7.44. The minimum absolute atomic E-state index is 1.09. The highest BCUT2D eigenvalue weighted by molar-refractivity contribution is 5.24.